The standard InChI is InChI=1S/C16H23N3O.2ClH/c20-16(12-14-6-7-17-13-14)19-10-8-18(9-11-19)15-4-2-1-3-5-15;;/h1-5,14,17H,6-13H2;2*1H. The van der Waals surface area contributed by atoms with E-state index in [-0.39, 0.29) is 24.8 Å². The fraction of sp³-hybridized carbons (Fsp3) is 0.562. The maximum Gasteiger partial charge on any atom is 0.223 e. The van der Waals surface area contributed by atoms with Crippen LogP contribution in [0.2, 0.25) is 0 Å². The van der Waals surface area contributed by atoms with Crippen molar-refractivity contribution in [3.05, 3.63) is 30.3 Å². The number of piperazine rings is 1. The van der Waals surface area contributed by atoms with Crippen molar-refractivity contribution in [2.75, 3.05) is 44.2 Å². The van der Waals surface area contributed by atoms with Gasteiger partial charge in [0.2, 0.25) is 5.91 Å². The quantitative estimate of drug-likeness (QED) is 0.911. The van der Waals surface area contributed by atoms with Crippen LogP contribution in [0.3, 0.4) is 0 Å². The van der Waals surface area contributed by atoms with Gasteiger partial charge >= 0.3 is 0 Å². The zero-order valence-electron chi connectivity index (χ0n) is 12.7. The molecule has 2 fully saturated rings. The summed E-state index contributed by atoms with van der Waals surface area (Å²) in [5.74, 6) is 0.890. The van der Waals surface area contributed by atoms with Crippen molar-refractivity contribution in [2.45, 2.75) is 12.8 Å². The van der Waals surface area contributed by atoms with Gasteiger partial charge in [-0.15, -0.1) is 24.8 Å². The van der Waals surface area contributed by atoms with Crippen molar-refractivity contribution in [3.63, 3.8) is 0 Å². The lowest BCUT2D eigenvalue weighted by Crippen LogP contribution is -2.49. The van der Waals surface area contributed by atoms with E-state index in [4.69, 9.17) is 0 Å². The van der Waals surface area contributed by atoms with E-state index < -0.39 is 0 Å². The van der Waals surface area contributed by atoms with E-state index in [1.54, 1.807) is 0 Å². The Morgan fingerprint density at radius 2 is 1.77 bits per heavy atom. The Morgan fingerprint density at radius 1 is 1.09 bits per heavy atom. The van der Waals surface area contributed by atoms with Crippen LogP contribution >= 0.6 is 24.8 Å². The zero-order chi connectivity index (χ0) is 13.8. The number of nitrogens with one attached hydrogen (secondary N) is 1. The average molecular weight is 346 g/mol. The molecule has 0 radical (unpaired) electrons. The first-order chi connectivity index (χ1) is 9.83. The minimum atomic E-state index is 0. The zero-order valence-corrected chi connectivity index (χ0v) is 14.4. The Kier molecular flexibility index (Phi) is 8.01. The van der Waals surface area contributed by atoms with Crippen molar-refractivity contribution in [1.82, 2.24) is 10.2 Å². The predicted molar refractivity (Wildman–Crippen MR) is 95.3 cm³/mol. The molecule has 3 rings (SSSR count). The summed E-state index contributed by atoms with van der Waals surface area (Å²) in [6.45, 7) is 5.68. The number of rotatable bonds is 3. The molecule has 2 saturated heterocycles. The van der Waals surface area contributed by atoms with Crippen LogP contribution in [0.25, 0.3) is 0 Å². The molecule has 22 heavy (non-hydrogen) atoms. The van der Waals surface area contributed by atoms with Crippen molar-refractivity contribution in [1.29, 1.82) is 0 Å². The van der Waals surface area contributed by atoms with Crippen molar-refractivity contribution < 1.29 is 4.79 Å². The monoisotopic (exact) mass is 345 g/mol. The van der Waals surface area contributed by atoms with Crippen molar-refractivity contribution in [2.24, 2.45) is 5.92 Å². The Hall–Kier alpha value is -0.970. The second-order valence-electron chi connectivity index (χ2n) is 5.77. The summed E-state index contributed by atoms with van der Waals surface area (Å²) >= 11 is 0. The fourth-order valence-corrected chi connectivity index (χ4v) is 3.12. The summed E-state index contributed by atoms with van der Waals surface area (Å²) in [6, 6.07) is 10.5. The summed E-state index contributed by atoms with van der Waals surface area (Å²) in [5.41, 5.74) is 1.26. The Labute approximate surface area is 145 Å². The minimum Gasteiger partial charge on any atom is -0.368 e. The van der Waals surface area contributed by atoms with Gasteiger partial charge in [-0.25, -0.2) is 0 Å². The SMILES string of the molecule is Cl.Cl.O=C(CC1CCNC1)N1CCN(c2ccccc2)CC1. The average Bonchev–Trinajstić information content (AvgIpc) is 3.01. The van der Waals surface area contributed by atoms with Crippen molar-refractivity contribution in [3.8, 4) is 0 Å². The lowest BCUT2D eigenvalue weighted by molar-refractivity contribution is -0.132. The molecule has 0 aromatic heterocycles. The summed E-state index contributed by atoms with van der Waals surface area (Å²) < 4.78 is 0. The van der Waals surface area contributed by atoms with E-state index in [0.717, 1.165) is 52.1 Å². The molecular formula is C16H25Cl2N3O. The third kappa shape index (κ3) is 4.77. The van der Waals surface area contributed by atoms with Gasteiger partial charge in [-0.2, -0.15) is 0 Å². The van der Waals surface area contributed by atoms with E-state index in [1.807, 2.05) is 11.0 Å². The highest BCUT2D eigenvalue weighted by atomic mass is 35.5. The molecule has 0 bridgehead atoms. The van der Waals surface area contributed by atoms with E-state index in [2.05, 4.69) is 34.5 Å². The van der Waals surface area contributed by atoms with Crippen LogP contribution in [0.5, 0.6) is 0 Å². The molecule has 6 heteroatoms. The van der Waals surface area contributed by atoms with Gasteiger partial charge in [0.1, 0.15) is 0 Å². The normalized spacial score (nSPS) is 21.0. The van der Waals surface area contributed by atoms with Gasteiger partial charge in [0.05, 0.1) is 0 Å². The summed E-state index contributed by atoms with van der Waals surface area (Å²) in [7, 11) is 0. The van der Waals surface area contributed by atoms with Crippen LogP contribution in [0.1, 0.15) is 12.8 Å². The number of amides is 1. The smallest absolute Gasteiger partial charge is 0.223 e. The Balaban J connectivity index is 0.00000121. The number of nitrogens with zero attached hydrogens (tertiary/aromatic N) is 2. The molecule has 1 N–H and O–H groups in total. The molecule has 2 aliphatic rings. The second kappa shape index (κ2) is 9.23. The molecule has 0 saturated carbocycles. The van der Waals surface area contributed by atoms with Crippen LogP contribution in [-0.4, -0.2) is 50.1 Å². The van der Waals surface area contributed by atoms with Gasteiger partial charge < -0.3 is 15.1 Å². The molecule has 124 valence electrons. The molecule has 2 aliphatic heterocycles. The maximum absolute atomic E-state index is 12.3. The first-order valence-corrected chi connectivity index (χ1v) is 7.61. The van der Waals surface area contributed by atoms with Gasteiger partial charge in [0.15, 0.2) is 0 Å². The summed E-state index contributed by atoms with van der Waals surface area (Å²) in [5, 5.41) is 3.33. The van der Waals surface area contributed by atoms with Gasteiger partial charge in [0.25, 0.3) is 0 Å². The number of hydrogen-bond acceptors (Lipinski definition) is 3. The van der Waals surface area contributed by atoms with E-state index in [9.17, 15) is 4.79 Å². The molecule has 4 nitrogen and oxygen atoms in total. The van der Waals surface area contributed by atoms with E-state index in [1.165, 1.54) is 5.69 Å². The second-order valence-corrected chi connectivity index (χ2v) is 5.77. The molecule has 2 heterocycles. The van der Waals surface area contributed by atoms with Gasteiger partial charge in [-0.3, -0.25) is 4.79 Å². The van der Waals surface area contributed by atoms with E-state index in [0.29, 0.717) is 11.8 Å². The Bertz CT molecular complexity index is 444. The molecule has 1 aromatic carbocycles. The molecule has 1 unspecified atom stereocenters. The largest absolute Gasteiger partial charge is 0.368 e. The van der Waals surface area contributed by atoms with Gasteiger partial charge in [-0.05, 0) is 37.6 Å². The van der Waals surface area contributed by atoms with Gasteiger partial charge in [0, 0.05) is 38.3 Å². The number of halogens is 2. The van der Waals surface area contributed by atoms with E-state index >= 15 is 0 Å². The Morgan fingerprint density at radius 3 is 2.36 bits per heavy atom. The molecule has 0 spiro atoms. The van der Waals surface area contributed by atoms with Crippen LogP contribution in [0.4, 0.5) is 5.69 Å². The third-order valence-electron chi connectivity index (χ3n) is 4.38. The lowest BCUT2D eigenvalue weighted by atomic mass is 10.0. The third-order valence-corrected chi connectivity index (χ3v) is 4.38. The summed E-state index contributed by atoms with van der Waals surface area (Å²) in [6.07, 6.45) is 1.87. The van der Waals surface area contributed by atoms with Crippen molar-refractivity contribution >= 4 is 36.4 Å². The fourth-order valence-electron chi connectivity index (χ4n) is 3.12. The number of carbonyl (C=O) groups is 1. The predicted octanol–water partition coefficient (Wildman–Crippen LogP) is 2.18. The highest BCUT2D eigenvalue weighted by molar-refractivity contribution is 5.85. The molecule has 1 amide bonds. The highest BCUT2D eigenvalue weighted by Gasteiger charge is 2.24. The molecule has 1 aromatic rings. The molecule has 0 aliphatic carbocycles. The molecular weight excluding hydrogens is 321 g/mol. The summed E-state index contributed by atoms with van der Waals surface area (Å²) in [4.78, 5) is 16.7. The number of hydrogen-bond donors (Lipinski definition) is 1. The van der Waals surface area contributed by atoms with Crippen LogP contribution in [0, 0.1) is 5.92 Å². The number of benzene rings is 1. The number of carbonyl (C=O) groups excluding carboxylic acids is 1. The molecule has 1 atom stereocenters. The highest BCUT2D eigenvalue weighted by Crippen LogP contribution is 2.18. The number of para-hydroxylation sites is 1. The first-order valence-electron chi connectivity index (χ1n) is 7.61. The minimum absolute atomic E-state index is 0. The number of anilines is 1. The van der Waals surface area contributed by atoms with Gasteiger partial charge in [-0.1, -0.05) is 18.2 Å². The first kappa shape index (κ1) is 19.1. The maximum atomic E-state index is 12.3. The van der Waals surface area contributed by atoms with Crippen LogP contribution in [-0.2, 0) is 4.79 Å². The van der Waals surface area contributed by atoms with Crippen LogP contribution < -0.4 is 10.2 Å². The van der Waals surface area contributed by atoms with Crippen LogP contribution in [0.15, 0.2) is 30.3 Å². The topological polar surface area (TPSA) is 35.6 Å². The lowest BCUT2D eigenvalue weighted by Gasteiger charge is -2.36.